The summed E-state index contributed by atoms with van der Waals surface area (Å²) in [6, 6.07) is 18.3. The quantitative estimate of drug-likeness (QED) is 0.725. The molecule has 6 heteroatoms. The van der Waals surface area contributed by atoms with Gasteiger partial charge in [0.05, 0.1) is 11.8 Å². The van der Waals surface area contributed by atoms with E-state index in [4.69, 9.17) is 4.74 Å². The summed E-state index contributed by atoms with van der Waals surface area (Å²) in [5.41, 5.74) is 2.53. The lowest BCUT2D eigenvalue weighted by Gasteiger charge is -2.31. The number of aromatic nitrogens is 2. The van der Waals surface area contributed by atoms with Gasteiger partial charge in [-0.25, -0.2) is 9.69 Å². The maximum absolute atomic E-state index is 13.0. The van der Waals surface area contributed by atoms with Crippen LogP contribution < -0.4 is 9.64 Å². The molecule has 1 heterocycles. The summed E-state index contributed by atoms with van der Waals surface area (Å²) in [5, 5.41) is 17.1. The molecule has 0 spiro atoms. The highest BCUT2D eigenvalue weighted by Crippen LogP contribution is 2.40. The molecule has 1 amide bonds. The number of ether oxygens (including phenoxy) is 1. The van der Waals surface area contributed by atoms with E-state index in [1.54, 1.807) is 12.1 Å². The molecule has 138 valence electrons. The van der Waals surface area contributed by atoms with Gasteiger partial charge in [-0.2, -0.15) is 5.10 Å². The van der Waals surface area contributed by atoms with Gasteiger partial charge in [0.25, 0.3) is 0 Å². The van der Waals surface area contributed by atoms with Gasteiger partial charge in [0.1, 0.15) is 5.75 Å². The molecule has 1 aliphatic rings. The summed E-state index contributed by atoms with van der Waals surface area (Å²) in [6.07, 6.45) is 0.640. The van der Waals surface area contributed by atoms with Gasteiger partial charge in [-0.15, -0.1) is 0 Å². The number of aliphatic hydroxyl groups is 1. The molecule has 1 fully saturated rings. The predicted octanol–water partition coefficient (Wildman–Crippen LogP) is 4.29. The minimum atomic E-state index is -0.526. The van der Waals surface area contributed by atoms with Crippen LogP contribution in [-0.4, -0.2) is 27.5 Å². The van der Waals surface area contributed by atoms with Crippen LogP contribution in [0.2, 0.25) is 0 Å². The molecule has 6 nitrogen and oxygen atoms in total. The number of hydrogen-bond donors (Lipinski definition) is 2. The molecule has 0 aliphatic heterocycles. The fraction of sp³-hybridized carbons (Fsp3) is 0.238. The zero-order valence-electron chi connectivity index (χ0n) is 15.0. The molecule has 0 bridgehead atoms. The Morgan fingerprint density at radius 3 is 2.37 bits per heavy atom. The fourth-order valence-electron chi connectivity index (χ4n) is 3.37. The first-order valence-electron chi connectivity index (χ1n) is 8.98. The minimum Gasteiger partial charge on any atom is -0.410 e. The van der Waals surface area contributed by atoms with Crippen molar-refractivity contribution in [2.45, 2.75) is 31.8 Å². The lowest BCUT2D eigenvalue weighted by Crippen LogP contribution is -2.30. The minimum absolute atomic E-state index is 0.240. The van der Waals surface area contributed by atoms with Crippen LogP contribution in [0.4, 0.5) is 16.3 Å². The monoisotopic (exact) mass is 363 g/mol. The number of hydrogen-bond acceptors (Lipinski definition) is 4. The number of nitrogens with one attached hydrogen (secondary N) is 1. The average molecular weight is 363 g/mol. The molecule has 2 N–H and O–H groups in total. The van der Waals surface area contributed by atoms with Crippen molar-refractivity contribution in [3.8, 4) is 5.75 Å². The first-order valence-corrected chi connectivity index (χ1v) is 8.98. The molecule has 2 aromatic carbocycles. The molecular weight excluding hydrogens is 342 g/mol. The number of H-pyrrole nitrogens is 1. The highest BCUT2D eigenvalue weighted by atomic mass is 16.6. The second kappa shape index (κ2) is 7.25. The highest BCUT2D eigenvalue weighted by molar-refractivity contribution is 5.96. The van der Waals surface area contributed by atoms with Crippen molar-refractivity contribution >= 4 is 17.6 Å². The molecule has 1 saturated carbocycles. The first-order chi connectivity index (χ1) is 13.1. The van der Waals surface area contributed by atoms with Crippen LogP contribution in [-0.2, 0) is 0 Å². The second-order valence-corrected chi connectivity index (χ2v) is 6.76. The number of rotatable bonds is 4. The molecule has 27 heavy (non-hydrogen) atoms. The topological polar surface area (TPSA) is 78.5 Å². The Kier molecular flexibility index (Phi) is 4.64. The summed E-state index contributed by atoms with van der Waals surface area (Å²) < 4.78 is 5.56. The summed E-state index contributed by atoms with van der Waals surface area (Å²) in [5.74, 6) is 1.22. The number of nitrogens with zero attached hydrogens (tertiary/aromatic N) is 2. The van der Waals surface area contributed by atoms with Gasteiger partial charge in [0, 0.05) is 17.2 Å². The van der Waals surface area contributed by atoms with Gasteiger partial charge in [-0.3, -0.25) is 5.10 Å². The second-order valence-electron chi connectivity index (χ2n) is 6.76. The van der Waals surface area contributed by atoms with Crippen LogP contribution in [0.15, 0.2) is 60.7 Å². The van der Waals surface area contributed by atoms with Gasteiger partial charge < -0.3 is 9.84 Å². The molecule has 1 aliphatic carbocycles. The lowest BCUT2D eigenvalue weighted by atomic mass is 9.79. The van der Waals surface area contributed by atoms with E-state index in [-0.39, 0.29) is 12.0 Å². The van der Waals surface area contributed by atoms with Crippen molar-refractivity contribution in [2.75, 3.05) is 4.90 Å². The number of carbonyl (C=O) groups is 1. The molecule has 4 rings (SSSR count). The van der Waals surface area contributed by atoms with E-state index in [0.29, 0.717) is 30.1 Å². The Morgan fingerprint density at radius 2 is 1.74 bits per heavy atom. The lowest BCUT2D eigenvalue weighted by molar-refractivity contribution is 0.0730. The standard InChI is InChI=1S/C21H21N3O3/c1-14-19(15-12-17(25)13-15)22-23-20(14)24(16-8-4-2-5-9-16)21(26)27-18-10-6-3-7-11-18/h2-11,15,17,25H,12-13H2,1H3,(H,22,23). The van der Waals surface area contributed by atoms with Crippen molar-refractivity contribution in [2.24, 2.45) is 0 Å². The molecule has 0 radical (unpaired) electrons. The van der Waals surface area contributed by atoms with E-state index >= 15 is 0 Å². The smallest absolute Gasteiger partial charge is 0.410 e. The number of aromatic amines is 1. The highest BCUT2D eigenvalue weighted by Gasteiger charge is 2.34. The zero-order chi connectivity index (χ0) is 18.8. The van der Waals surface area contributed by atoms with E-state index in [0.717, 1.165) is 11.3 Å². The van der Waals surface area contributed by atoms with E-state index in [9.17, 15) is 9.90 Å². The zero-order valence-corrected chi connectivity index (χ0v) is 15.0. The first kappa shape index (κ1) is 17.3. The Bertz CT molecular complexity index is 918. The number of aliphatic hydroxyl groups excluding tert-OH is 1. The average Bonchev–Trinajstić information content (AvgIpc) is 3.02. The Morgan fingerprint density at radius 1 is 1.11 bits per heavy atom. The van der Waals surface area contributed by atoms with Gasteiger partial charge in [-0.05, 0) is 44.0 Å². The van der Waals surface area contributed by atoms with E-state index < -0.39 is 6.09 Å². The summed E-state index contributed by atoms with van der Waals surface area (Å²) in [7, 11) is 0. The van der Waals surface area contributed by atoms with E-state index in [2.05, 4.69) is 10.2 Å². The van der Waals surface area contributed by atoms with Crippen LogP contribution in [0.25, 0.3) is 0 Å². The number of benzene rings is 2. The summed E-state index contributed by atoms with van der Waals surface area (Å²) in [4.78, 5) is 14.5. The normalized spacial score (nSPS) is 18.6. The Hall–Kier alpha value is -3.12. The third-order valence-corrected chi connectivity index (χ3v) is 4.90. The van der Waals surface area contributed by atoms with Crippen LogP contribution in [0.1, 0.15) is 30.0 Å². The molecule has 3 aromatic rings. The number of carbonyl (C=O) groups excluding carboxylic acids is 1. The predicted molar refractivity (Wildman–Crippen MR) is 102 cm³/mol. The maximum Gasteiger partial charge on any atom is 0.425 e. The Labute approximate surface area is 157 Å². The summed E-state index contributed by atoms with van der Waals surface area (Å²) >= 11 is 0. The molecule has 0 atom stereocenters. The van der Waals surface area contributed by atoms with Crippen molar-refractivity contribution < 1.29 is 14.6 Å². The SMILES string of the molecule is Cc1c(N(C(=O)Oc2ccccc2)c2ccccc2)n[nH]c1C1CC(O)C1. The largest absolute Gasteiger partial charge is 0.425 e. The molecule has 1 aromatic heterocycles. The molecular formula is C21H21N3O3. The third kappa shape index (κ3) is 3.44. The molecule has 0 saturated heterocycles. The van der Waals surface area contributed by atoms with Crippen LogP contribution in [0, 0.1) is 6.92 Å². The molecule has 0 unspecified atom stereocenters. The van der Waals surface area contributed by atoms with Crippen LogP contribution in [0.3, 0.4) is 0 Å². The van der Waals surface area contributed by atoms with Crippen molar-refractivity contribution in [1.29, 1.82) is 0 Å². The van der Waals surface area contributed by atoms with Crippen molar-refractivity contribution in [3.05, 3.63) is 71.9 Å². The van der Waals surface area contributed by atoms with Gasteiger partial charge in [-0.1, -0.05) is 36.4 Å². The van der Waals surface area contributed by atoms with Crippen molar-refractivity contribution in [3.63, 3.8) is 0 Å². The van der Waals surface area contributed by atoms with Gasteiger partial charge >= 0.3 is 6.09 Å². The van der Waals surface area contributed by atoms with E-state index in [1.807, 2.05) is 55.5 Å². The van der Waals surface area contributed by atoms with Crippen LogP contribution in [0.5, 0.6) is 5.75 Å². The van der Waals surface area contributed by atoms with Gasteiger partial charge in [0.2, 0.25) is 0 Å². The van der Waals surface area contributed by atoms with E-state index in [1.165, 1.54) is 4.90 Å². The fourth-order valence-corrected chi connectivity index (χ4v) is 3.37. The number of para-hydroxylation sites is 2. The maximum atomic E-state index is 13.0. The summed E-state index contributed by atoms with van der Waals surface area (Å²) in [6.45, 7) is 1.94. The van der Waals surface area contributed by atoms with Crippen molar-refractivity contribution in [1.82, 2.24) is 10.2 Å². The van der Waals surface area contributed by atoms with Gasteiger partial charge in [0.15, 0.2) is 5.82 Å². The third-order valence-electron chi connectivity index (χ3n) is 4.90. The number of amides is 1. The number of anilines is 2. The Balaban J connectivity index is 1.68. The van der Waals surface area contributed by atoms with Crippen LogP contribution >= 0.6 is 0 Å².